The molecular weight excluding hydrogens is 284 g/mol. The highest BCUT2D eigenvalue weighted by atomic mass is 32.2. The SMILES string of the molecule is C[C@@H](O)[C@H](NS(=O)(=O)c1cc(F)ccc1F)C(=O)O. The minimum atomic E-state index is -4.61. The van der Waals surface area contributed by atoms with Crippen molar-refractivity contribution in [3.63, 3.8) is 0 Å². The normalized spacial score (nSPS) is 14.9. The first kappa shape index (κ1) is 15.5. The van der Waals surface area contributed by atoms with Crippen LogP contribution in [0.4, 0.5) is 8.78 Å². The Kier molecular flexibility index (Phi) is 4.56. The molecule has 0 aromatic heterocycles. The van der Waals surface area contributed by atoms with Crippen LogP contribution in [0.2, 0.25) is 0 Å². The quantitative estimate of drug-likeness (QED) is 0.713. The minimum absolute atomic E-state index is 0.415. The lowest BCUT2D eigenvalue weighted by molar-refractivity contribution is -0.141. The average Bonchev–Trinajstić information content (AvgIpc) is 2.28. The zero-order chi connectivity index (χ0) is 14.8. The van der Waals surface area contributed by atoms with Gasteiger partial charge in [0.05, 0.1) is 6.10 Å². The van der Waals surface area contributed by atoms with Crippen LogP contribution in [-0.2, 0) is 14.8 Å². The Morgan fingerprint density at radius 1 is 1.37 bits per heavy atom. The van der Waals surface area contributed by atoms with E-state index in [-0.39, 0.29) is 0 Å². The summed E-state index contributed by atoms with van der Waals surface area (Å²) in [6.07, 6.45) is -1.55. The number of halogens is 2. The summed E-state index contributed by atoms with van der Waals surface area (Å²) in [4.78, 5) is 9.72. The second kappa shape index (κ2) is 5.59. The molecule has 2 atom stereocenters. The van der Waals surface area contributed by atoms with Gasteiger partial charge in [-0.15, -0.1) is 0 Å². The Balaban J connectivity index is 3.17. The maximum absolute atomic E-state index is 13.3. The van der Waals surface area contributed by atoms with Gasteiger partial charge in [0.2, 0.25) is 10.0 Å². The van der Waals surface area contributed by atoms with Crippen LogP contribution in [-0.4, -0.2) is 36.7 Å². The second-order valence-corrected chi connectivity index (χ2v) is 5.43. The van der Waals surface area contributed by atoms with E-state index in [1.807, 2.05) is 0 Å². The van der Waals surface area contributed by atoms with Crippen molar-refractivity contribution in [3.05, 3.63) is 29.8 Å². The summed E-state index contributed by atoms with van der Waals surface area (Å²) in [7, 11) is -4.61. The molecule has 1 rings (SSSR count). The van der Waals surface area contributed by atoms with Crippen LogP contribution in [0.3, 0.4) is 0 Å². The molecule has 0 aliphatic heterocycles. The van der Waals surface area contributed by atoms with Crippen molar-refractivity contribution in [1.29, 1.82) is 0 Å². The first-order valence-corrected chi connectivity index (χ1v) is 6.51. The molecule has 0 saturated heterocycles. The Morgan fingerprint density at radius 3 is 2.42 bits per heavy atom. The Labute approximate surface area is 107 Å². The fourth-order valence-electron chi connectivity index (χ4n) is 1.27. The van der Waals surface area contributed by atoms with E-state index in [4.69, 9.17) is 10.2 Å². The molecule has 0 saturated carbocycles. The van der Waals surface area contributed by atoms with Gasteiger partial charge in [0, 0.05) is 0 Å². The van der Waals surface area contributed by atoms with E-state index in [0.29, 0.717) is 12.1 Å². The number of hydrogen-bond acceptors (Lipinski definition) is 4. The summed E-state index contributed by atoms with van der Waals surface area (Å²) in [6, 6.07) is -0.133. The lowest BCUT2D eigenvalue weighted by Gasteiger charge is -2.17. The fraction of sp³-hybridized carbons (Fsp3) is 0.300. The van der Waals surface area contributed by atoms with E-state index in [0.717, 1.165) is 13.0 Å². The summed E-state index contributed by atoms with van der Waals surface area (Å²) in [6.45, 7) is 1.04. The molecule has 0 aliphatic rings. The predicted octanol–water partition coefficient (Wildman–Crippen LogP) is 0.0771. The third-order valence-electron chi connectivity index (χ3n) is 2.21. The number of carbonyl (C=O) groups is 1. The Hall–Kier alpha value is -1.58. The lowest BCUT2D eigenvalue weighted by Crippen LogP contribution is -2.47. The molecule has 0 bridgehead atoms. The van der Waals surface area contributed by atoms with Gasteiger partial charge in [0.25, 0.3) is 0 Å². The van der Waals surface area contributed by atoms with Crippen molar-refractivity contribution < 1.29 is 32.2 Å². The molecule has 1 aromatic carbocycles. The number of aliphatic carboxylic acids is 1. The highest BCUT2D eigenvalue weighted by molar-refractivity contribution is 7.89. The number of aliphatic hydroxyl groups is 1. The van der Waals surface area contributed by atoms with E-state index >= 15 is 0 Å². The van der Waals surface area contributed by atoms with Crippen molar-refractivity contribution >= 4 is 16.0 Å². The third kappa shape index (κ3) is 3.69. The highest BCUT2D eigenvalue weighted by Crippen LogP contribution is 2.16. The molecule has 0 unspecified atom stereocenters. The van der Waals surface area contributed by atoms with Gasteiger partial charge in [-0.05, 0) is 25.1 Å². The van der Waals surface area contributed by atoms with E-state index in [1.54, 1.807) is 4.72 Å². The zero-order valence-electron chi connectivity index (χ0n) is 9.67. The lowest BCUT2D eigenvalue weighted by atomic mass is 10.2. The number of sulfonamides is 1. The van der Waals surface area contributed by atoms with Gasteiger partial charge in [-0.2, -0.15) is 4.72 Å². The average molecular weight is 295 g/mol. The van der Waals surface area contributed by atoms with Crippen molar-refractivity contribution in [2.45, 2.75) is 24.0 Å². The number of nitrogens with one attached hydrogen (secondary N) is 1. The van der Waals surface area contributed by atoms with Crippen LogP contribution < -0.4 is 4.72 Å². The Bertz CT molecular complexity index is 588. The molecule has 106 valence electrons. The maximum atomic E-state index is 13.3. The number of carboxylic acids is 1. The number of carboxylic acid groups (broad SMARTS) is 1. The van der Waals surface area contributed by atoms with Gasteiger partial charge in [-0.1, -0.05) is 0 Å². The van der Waals surface area contributed by atoms with E-state index in [1.165, 1.54) is 0 Å². The van der Waals surface area contributed by atoms with Gasteiger partial charge in [0.1, 0.15) is 22.6 Å². The maximum Gasteiger partial charge on any atom is 0.324 e. The molecule has 0 heterocycles. The molecule has 0 aliphatic carbocycles. The summed E-state index contributed by atoms with van der Waals surface area (Å²) >= 11 is 0. The predicted molar refractivity (Wildman–Crippen MR) is 59.8 cm³/mol. The number of rotatable bonds is 5. The summed E-state index contributed by atoms with van der Waals surface area (Å²) in [5, 5.41) is 17.9. The van der Waals surface area contributed by atoms with Crippen LogP contribution in [0.1, 0.15) is 6.92 Å². The minimum Gasteiger partial charge on any atom is -0.480 e. The van der Waals surface area contributed by atoms with Gasteiger partial charge in [-0.3, -0.25) is 4.79 Å². The van der Waals surface area contributed by atoms with E-state index in [2.05, 4.69) is 0 Å². The number of hydrogen-bond donors (Lipinski definition) is 3. The van der Waals surface area contributed by atoms with Crippen molar-refractivity contribution in [1.82, 2.24) is 4.72 Å². The molecule has 1 aromatic rings. The van der Waals surface area contributed by atoms with Gasteiger partial charge in [-0.25, -0.2) is 17.2 Å². The molecule has 9 heteroatoms. The number of benzene rings is 1. The molecule has 0 fully saturated rings. The second-order valence-electron chi connectivity index (χ2n) is 3.75. The molecular formula is C10H11F2NO5S. The summed E-state index contributed by atoms with van der Waals surface area (Å²) in [5.41, 5.74) is 0. The standard InChI is InChI=1S/C10H11F2NO5S/c1-5(14)9(10(15)16)13-19(17,18)8-4-6(11)2-3-7(8)12/h2-5,9,13-14H,1H3,(H,15,16)/t5-,9+/m1/s1. The van der Waals surface area contributed by atoms with Gasteiger partial charge in [0.15, 0.2) is 0 Å². The van der Waals surface area contributed by atoms with Crippen LogP contribution in [0.25, 0.3) is 0 Å². The molecule has 0 radical (unpaired) electrons. The monoisotopic (exact) mass is 295 g/mol. The molecule has 19 heavy (non-hydrogen) atoms. The van der Waals surface area contributed by atoms with Gasteiger partial charge >= 0.3 is 5.97 Å². The highest BCUT2D eigenvalue weighted by Gasteiger charge is 2.30. The third-order valence-corrected chi connectivity index (χ3v) is 3.67. The van der Waals surface area contributed by atoms with Gasteiger partial charge < -0.3 is 10.2 Å². The smallest absolute Gasteiger partial charge is 0.324 e. The molecule has 0 amide bonds. The van der Waals surface area contributed by atoms with E-state index < -0.39 is 44.7 Å². The van der Waals surface area contributed by atoms with Crippen molar-refractivity contribution in [2.24, 2.45) is 0 Å². The Morgan fingerprint density at radius 2 is 1.95 bits per heavy atom. The van der Waals surface area contributed by atoms with Crippen molar-refractivity contribution in [2.75, 3.05) is 0 Å². The first-order valence-electron chi connectivity index (χ1n) is 5.03. The molecule has 6 nitrogen and oxygen atoms in total. The summed E-state index contributed by atoms with van der Waals surface area (Å²) < 4.78 is 51.3. The van der Waals surface area contributed by atoms with Crippen LogP contribution in [0.5, 0.6) is 0 Å². The first-order chi connectivity index (χ1) is 8.65. The largest absolute Gasteiger partial charge is 0.480 e. The van der Waals surface area contributed by atoms with Crippen LogP contribution in [0.15, 0.2) is 23.1 Å². The summed E-state index contributed by atoms with van der Waals surface area (Å²) in [5.74, 6) is -3.87. The zero-order valence-corrected chi connectivity index (χ0v) is 10.5. The topological polar surface area (TPSA) is 104 Å². The number of aliphatic hydroxyl groups excluding tert-OH is 1. The molecule has 3 N–H and O–H groups in total. The van der Waals surface area contributed by atoms with Crippen LogP contribution >= 0.6 is 0 Å². The van der Waals surface area contributed by atoms with E-state index in [9.17, 15) is 22.0 Å². The molecule has 0 spiro atoms. The van der Waals surface area contributed by atoms with Crippen molar-refractivity contribution in [3.8, 4) is 0 Å². The fourth-order valence-corrected chi connectivity index (χ4v) is 2.62. The van der Waals surface area contributed by atoms with Crippen LogP contribution in [0, 0.1) is 11.6 Å².